The second kappa shape index (κ2) is 12.1. The molecule has 0 aliphatic rings. The van der Waals surface area contributed by atoms with Gasteiger partial charge in [0.05, 0.1) is 13.7 Å². The van der Waals surface area contributed by atoms with Gasteiger partial charge in [0.25, 0.3) is 0 Å². The standard InChI is InChI=1S/C22H27N5O.HI/c1-23-22(24-14-12-18-8-10-21(28-2)11-9-18)25-16-19-6-3-4-7-20(19)17-27-15-5-13-26-27;/h3-11,13,15H,12,14,16-17H2,1-2H3,(H2,23,24,25);1H. The number of methoxy groups -OCH3 is 1. The fourth-order valence-electron chi connectivity index (χ4n) is 2.97. The molecule has 154 valence electrons. The normalized spacial score (nSPS) is 10.9. The van der Waals surface area contributed by atoms with Gasteiger partial charge in [0.15, 0.2) is 5.96 Å². The van der Waals surface area contributed by atoms with Crippen LogP contribution in [0, 0.1) is 0 Å². The summed E-state index contributed by atoms with van der Waals surface area (Å²) in [6.45, 7) is 2.27. The van der Waals surface area contributed by atoms with Crippen molar-refractivity contribution in [2.75, 3.05) is 20.7 Å². The van der Waals surface area contributed by atoms with Crippen LogP contribution < -0.4 is 15.4 Å². The minimum atomic E-state index is 0. The van der Waals surface area contributed by atoms with Crippen LogP contribution in [0.15, 0.2) is 72.0 Å². The van der Waals surface area contributed by atoms with Crippen molar-refractivity contribution in [1.29, 1.82) is 0 Å². The highest BCUT2D eigenvalue weighted by Crippen LogP contribution is 2.12. The Balaban J connectivity index is 0.00000300. The Hall–Kier alpha value is -2.55. The van der Waals surface area contributed by atoms with E-state index < -0.39 is 0 Å². The van der Waals surface area contributed by atoms with Gasteiger partial charge in [-0.3, -0.25) is 9.67 Å². The lowest BCUT2D eigenvalue weighted by molar-refractivity contribution is 0.414. The summed E-state index contributed by atoms with van der Waals surface area (Å²) in [6, 6.07) is 18.5. The highest BCUT2D eigenvalue weighted by Gasteiger charge is 2.05. The number of guanidine groups is 1. The van der Waals surface area contributed by atoms with Gasteiger partial charge in [0.1, 0.15) is 5.75 Å². The maximum atomic E-state index is 5.20. The first-order chi connectivity index (χ1) is 13.8. The van der Waals surface area contributed by atoms with Crippen LogP contribution in [0.5, 0.6) is 5.75 Å². The Kier molecular flexibility index (Phi) is 9.49. The fraction of sp³-hybridized carbons (Fsp3) is 0.273. The Morgan fingerprint density at radius 2 is 1.79 bits per heavy atom. The van der Waals surface area contributed by atoms with E-state index in [0.29, 0.717) is 6.54 Å². The van der Waals surface area contributed by atoms with Gasteiger partial charge in [-0.15, -0.1) is 24.0 Å². The van der Waals surface area contributed by atoms with Crippen LogP contribution in [0.4, 0.5) is 0 Å². The Bertz CT molecular complexity index is 878. The van der Waals surface area contributed by atoms with Crippen LogP contribution in [-0.4, -0.2) is 36.4 Å². The molecule has 2 N–H and O–H groups in total. The SMILES string of the molecule is CN=C(NCCc1ccc(OC)cc1)NCc1ccccc1Cn1cccn1.I. The van der Waals surface area contributed by atoms with Crippen LogP contribution in [0.3, 0.4) is 0 Å². The largest absolute Gasteiger partial charge is 0.497 e. The van der Waals surface area contributed by atoms with Crippen LogP contribution in [0.25, 0.3) is 0 Å². The van der Waals surface area contributed by atoms with E-state index in [1.54, 1.807) is 20.4 Å². The van der Waals surface area contributed by atoms with Crippen LogP contribution >= 0.6 is 24.0 Å². The first-order valence-corrected chi connectivity index (χ1v) is 9.40. The average Bonchev–Trinajstić information content (AvgIpc) is 3.25. The average molecular weight is 505 g/mol. The van der Waals surface area contributed by atoms with Gasteiger partial charge in [-0.25, -0.2) is 0 Å². The lowest BCUT2D eigenvalue weighted by Crippen LogP contribution is -2.38. The summed E-state index contributed by atoms with van der Waals surface area (Å²) in [5.74, 6) is 1.67. The van der Waals surface area contributed by atoms with Crippen molar-refractivity contribution < 1.29 is 4.74 Å². The zero-order valence-corrected chi connectivity index (χ0v) is 19.2. The maximum Gasteiger partial charge on any atom is 0.191 e. The number of hydrogen-bond donors (Lipinski definition) is 2. The van der Waals surface area contributed by atoms with Crippen LogP contribution in [-0.2, 0) is 19.5 Å². The number of hydrogen-bond acceptors (Lipinski definition) is 3. The van der Waals surface area contributed by atoms with E-state index in [1.165, 1.54) is 16.7 Å². The number of aromatic nitrogens is 2. The number of ether oxygens (including phenoxy) is 1. The van der Waals surface area contributed by atoms with Crippen molar-refractivity contribution in [3.05, 3.63) is 83.7 Å². The first-order valence-electron chi connectivity index (χ1n) is 9.40. The molecule has 2 aromatic carbocycles. The molecule has 3 aromatic rings. The molecular weight excluding hydrogens is 477 g/mol. The van der Waals surface area contributed by atoms with Crippen molar-refractivity contribution in [2.24, 2.45) is 4.99 Å². The molecule has 1 heterocycles. The third-order valence-corrected chi connectivity index (χ3v) is 4.54. The molecular formula is C22H28IN5O. The first kappa shape index (κ1) is 22.7. The molecule has 1 aromatic heterocycles. The van der Waals surface area contributed by atoms with Crippen molar-refractivity contribution in [3.63, 3.8) is 0 Å². The Morgan fingerprint density at radius 1 is 1.03 bits per heavy atom. The lowest BCUT2D eigenvalue weighted by atomic mass is 10.1. The van der Waals surface area contributed by atoms with Gasteiger partial charge in [0, 0.05) is 32.5 Å². The number of aliphatic imine (C=N–C) groups is 1. The van der Waals surface area contributed by atoms with E-state index in [4.69, 9.17) is 4.74 Å². The quantitative estimate of drug-likeness (QED) is 0.280. The van der Waals surface area contributed by atoms with Crippen LogP contribution in [0.1, 0.15) is 16.7 Å². The second-order valence-corrected chi connectivity index (χ2v) is 6.42. The highest BCUT2D eigenvalue weighted by molar-refractivity contribution is 14.0. The third-order valence-electron chi connectivity index (χ3n) is 4.54. The molecule has 3 rings (SSSR count). The molecule has 0 saturated carbocycles. The molecule has 29 heavy (non-hydrogen) atoms. The molecule has 0 fully saturated rings. The maximum absolute atomic E-state index is 5.20. The Morgan fingerprint density at radius 3 is 2.45 bits per heavy atom. The van der Waals surface area contributed by atoms with Crippen molar-refractivity contribution in [1.82, 2.24) is 20.4 Å². The van der Waals surface area contributed by atoms with Crippen LogP contribution in [0.2, 0.25) is 0 Å². The zero-order chi connectivity index (χ0) is 19.6. The fourth-order valence-corrected chi connectivity index (χ4v) is 2.97. The number of nitrogens with one attached hydrogen (secondary N) is 2. The van der Waals surface area contributed by atoms with E-state index in [1.807, 2.05) is 29.1 Å². The molecule has 0 radical (unpaired) electrons. The van der Waals surface area contributed by atoms with E-state index in [9.17, 15) is 0 Å². The molecule has 0 atom stereocenters. The van der Waals surface area contributed by atoms with E-state index in [0.717, 1.165) is 31.2 Å². The highest BCUT2D eigenvalue weighted by atomic mass is 127. The molecule has 6 nitrogen and oxygen atoms in total. The minimum Gasteiger partial charge on any atom is -0.497 e. The molecule has 0 saturated heterocycles. The molecule has 7 heteroatoms. The predicted octanol–water partition coefficient (Wildman–Crippen LogP) is 3.47. The van der Waals surface area contributed by atoms with Gasteiger partial charge >= 0.3 is 0 Å². The van der Waals surface area contributed by atoms with Gasteiger partial charge in [0.2, 0.25) is 0 Å². The summed E-state index contributed by atoms with van der Waals surface area (Å²) in [7, 11) is 3.47. The number of nitrogens with zero attached hydrogens (tertiary/aromatic N) is 3. The summed E-state index contributed by atoms with van der Waals surface area (Å²) in [5.41, 5.74) is 3.73. The zero-order valence-electron chi connectivity index (χ0n) is 16.8. The summed E-state index contributed by atoms with van der Waals surface area (Å²) >= 11 is 0. The van der Waals surface area contributed by atoms with Crippen molar-refractivity contribution >= 4 is 29.9 Å². The number of halogens is 1. The summed E-state index contributed by atoms with van der Waals surface area (Å²) in [5, 5.41) is 11.1. The topological polar surface area (TPSA) is 63.5 Å². The number of rotatable bonds is 8. The Labute approximate surface area is 189 Å². The van der Waals surface area contributed by atoms with Crippen molar-refractivity contribution in [3.8, 4) is 5.75 Å². The summed E-state index contributed by atoms with van der Waals surface area (Å²) < 4.78 is 7.13. The van der Waals surface area contributed by atoms with Crippen molar-refractivity contribution in [2.45, 2.75) is 19.5 Å². The molecule has 0 unspecified atom stereocenters. The minimum absolute atomic E-state index is 0. The van der Waals surface area contributed by atoms with Gasteiger partial charge in [-0.05, 0) is 41.3 Å². The van der Waals surface area contributed by atoms with E-state index >= 15 is 0 Å². The van der Waals surface area contributed by atoms with E-state index in [-0.39, 0.29) is 24.0 Å². The summed E-state index contributed by atoms with van der Waals surface area (Å²) in [6.07, 6.45) is 4.69. The molecule has 0 amide bonds. The molecule has 0 bridgehead atoms. The molecule has 0 aliphatic heterocycles. The molecule has 0 aliphatic carbocycles. The smallest absolute Gasteiger partial charge is 0.191 e. The lowest BCUT2D eigenvalue weighted by Gasteiger charge is -2.14. The molecule has 0 spiro atoms. The number of benzene rings is 2. The van der Waals surface area contributed by atoms with E-state index in [2.05, 4.69) is 57.1 Å². The monoisotopic (exact) mass is 505 g/mol. The predicted molar refractivity (Wildman–Crippen MR) is 128 cm³/mol. The summed E-state index contributed by atoms with van der Waals surface area (Å²) in [4.78, 5) is 4.32. The second-order valence-electron chi connectivity index (χ2n) is 6.42. The van der Waals surface area contributed by atoms with Gasteiger partial charge < -0.3 is 15.4 Å². The van der Waals surface area contributed by atoms with Gasteiger partial charge in [-0.1, -0.05) is 36.4 Å². The van der Waals surface area contributed by atoms with Gasteiger partial charge in [-0.2, -0.15) is 5.10 Å². The third kappa shape index (κ3) is 7.08.